The first-order valence-electron chi connectivity index (χ1n) is 4.86. The minimum atomic E-state index is -4.45. The Kier molecular flexibility index (Phi) is 3.02. The van der Waals surface area contributed by atoms with Gasteiger partial charge in [0.05, 0.1) is 0 Å². The molecule has 0 spiro atoms. The van der Waals surface area contributed by atoms with Gasteiger partial charge in [0.25, 0.3) is 0 Å². The predicted molar refractivity (Wildman–Crippen MR) is 54.6 cm³/mol. The maximum Gasteiger partial charge on any atom is 0.452 e. The number of nitrogens with zero attached hydrogens (tertiary/aromatic N) is 3. The van der Waals surface area contributed by atoms with Crippen LogP contribution in [-0.4, -0.2) is 35.0 Å². The van der Waals surface area contributed by atoms with E-state index in [1.807, 2.05) is 11.8 Å². The monoisotopic (exact) mass is 252 g/mol. The molecule has 0 radical (unpaired) electrons. The average Bonchev–Trinajstić information content (AvgIpc) is 2.65. The molecule has 1 aromatic rings. The van der Waals surface area contributed by atoms with Crippen molar-refractivity contribution in [1.29, 1.82) is 0 Å². The third-order valence-corrected chi connectivity index (χ3v) is 3.09. The second kappa shape index (κ2) is 4.17. The standard InChI is InChI=1S/C8H11F3N4S/c1-5-4-15(3-2-12-5)7-13-6(14-16-7)8(9,10)11/h5,12H,2-4H2,1H3/t5-/m0/s1. The lowest BCUT2D eigenvalue weighted by Gasteiger charge is -2.31. The molecule has 0 aliphatic carbocycles. The van der Waals surface area contributed by atoms with E-state index in [2.05, 4.69) is 14.7 Å². The summed E-state index contributed by atoms with van der Waals surface area (Å²) in [5.74, 6) is -1.04. The van der Waals surface area contributed by atoms with Gasteiger partial charge in [0.1, 0.15) is 0 Å². The summed E-state index contributed by atoms with van der Waals surface area (Å²) in [4.78, 5) is 5.35. The SMILES string of the molecule is C[C@H]1CN(c2nc(C(F)(F)F)ns2)CCN1. The minimum Gasteiger partial charge on any atom is -0.344 e. The molecule has 1 N–H and O–H groups in total. The lowest BCUT2D eigenvalue weighted by molar-refractivity contribution is -0.144. The maximum absolute atomic E-state index is 12.3. The quantitative estimate of drug-likeness (QED) is 0.819. The third-order valence-electron chi connectivity index (χ3n) is 2.31. The summed E-state index contributed by atoms with van der Waals surface area (Å²) in [6.45, 7) is 4.06. The summed E-state index contributed by atoms with van der Waals surface area (Å²) >= 11 is 0.802. The number of nitrogens with one attached hydrogen (secondary N) is 1. The van der Waals surface area contributed by atoms with E-state index in [0.29, 0.717) is 18.2 Å². The molecule has 1 aromatic heterocycles. The number of alkyl halides is 3. The van der Waals surface area contributed by atoms with E-state index in [0.717, 1.165) is 18.1 Å². The van der Waals surface area contributed by atoms with Gasteiger partial charge in [-0.05, 0) is 6.92 Å². The Morgan fingerprint density at radius 2 is 2.25 bits per heavy atom. The molecule has 0 amide bonds. The number of aromatic nitrogens is 2. The highest BCUT2D eigenvalue weighted by atomic mass is 32.1. The molecule has 1 aliphatic rings. The number of hydrogen-bond acceptors (Lipinski definition) is 5. The molecule has 2 rings (SSSR count). The second-order valence-electron chi connectivity index (χ2n) is 3.70. The van der Waals surface area contributed by atoms with Crippen molar-refractivity contribution in [2.45, 2.75) is 19.1 Å². The van der Waals surface area contributed by atoms with Gasteiger partial charge in [0.2, 0.25) is 11.0 Å². The molecular formula is C8H11F3N4S. The van der Waals surface area contributed by atoms with Crippen molar-refractivity contribution in [1.82, 2.24) is 14.7 Å². The van der Waals surface area contributed by atoms with E-state index in [-0.39, 0.29) is 6.04 Å². The first-order chi connectivity index (χ1) is 7.47. The highest BCUT2D eigenvalue weighted by Crippen LogP contribution is 2.30. The van der Waals surface area contributed by atoms with Gasteiger partial charge in [-0.2, -0.15) is 22.5 Å². The number of hydrogen-bond donors (Lipinski definition) is 1. The lowest BCUT2D eigenvalue weighted by atomic mass is 10.2. The van der Waals surface area contributed by atoms with Gasteiger partial charge in [-0.1, -0.05) is 0 Å². The van der Waals surface area contributed by atoms with E-state index in [9.17, 15) is 13.2 Å². The summed E-state index contributed by atoms with van der Waals surface area (Å²) in [6.07, 6.45) is -4.45. The summed E-state index contributed by atoms with van der Waals surface area (Å²) in [5.41, 5.74) is 0. The first kappa shape index (κ1) is 11.6. The summed E-state index contributed by atoms with van der Waals surface area (Å²) in [5, 5.41) is 3.56. The molecule has 0 bridgehead atoms. The Balaban J connectivity index is 2.12. The Morgan fingerprint density at radius 1 is 1.50 bits per heavy atom. The zero-order valence-corrected chi connectivity index (χ0v) is 9.40. The molecule has 0 unspecified atom stereocenters. The molecule has 8 heteroatoms. The molecule has 90 valence electrons. The van der Waals surface area contributed by atoms with E-state index in [1.165, 1.54) is 0 Å². The third kappa shape index (κ3) is 2.43. The Labute approximate surface area is 94.6 Å². The summed E-state index contributed by atoms with van der Waals surface area (Å²) in [6, 6.07) is 0.256. The fourth-order valence-corrected chi connectivity index (χ4v) is 2.29. The smallest absolute Gasteiger partial charge is 0.344 e. The molecule has 1 saturated heterocycles. The van der Waals surface area contributed by atoms with Crippen molar-refractivity contribution < 1.29 is 13.2 Å². The predicted octanol–water partition coefficient (Wildman–Crippen LogP) is 1.35. The van der Waals surface area contributed by atoms with E-state index < -0.39 is 12.0 Å². The number of halogens is 3. The van der Waals surface area contributed by atoms with Crippen molar-refractivity contribution in [3.05, 3.63) is 5.82 Å². The van der Waals surface area contributed by atoms with Gasteiger partial charge >= 0.3 is 6.18 Å². The van der Waals surface area contributed by atoms with Crippen LogP contribution >= 0.6 is 11.5 Å². The van der Waals surface area contributed by atoms with Crippen LogP contribution in [0.5, 0.6) is 0 Å². The van der Waals surface area contributed by atoms with Gasteiger partial charge in [-0.25, -0.2) is 0 Å². The highest BCUT2D eigenvalue weighted by molar-refractivity contribution is 7.09. The Hall–Kier alpha value is -0.890. The van der Waals surface area contributed by atoms with Crippen LogP contribution in [0.15, 0.2) is 0 Å². The fraction of sp³-hybridized carbons (Fsp3) is 0.750. The van der Waals surface area contributed by atoms with Gasteiger partial charge in [-0.3, -0.25) is 0 Å². The zero-order valence-electron chi connectivity index (χ0n) is 8.58. The molecule has 4 nitrogen and oxygen atoms in total. The fourth-order valence-electron chi connectivity index (χ4n) is 1.57. The number of piperazine rings is 1. The normalized spacial score (nSPS) is 22.5. The van der Waals surface area contributed by atoms with E-state index >= 15 is 0 Å². The zero-order chi connectivity index (χ0) is 11.8. The summed E-state index contributed by atoms with van der Waals surface area (Å²) < 4.78 is 40.2. The van der Waals surface area contributed by atoms with Crippen LogP contribution in [0, 0.1) is 0 Å². The van der Waals surface area contributed by atoms with Crippen molar-refractivity contribution in [3.63, 3.8) is 0 Å². The number of anilines is 1. The first-order valence-corrected chi connectivity index (χ1v) is 5.63. The van der Waals surface area contributed by atoms with Crippen LogP contribution in [0.1, 0.15) is 12.7 Å². The molecule has 1 fully saturated rings. The van der Waals surface area contributed by atoms with Crippen molar-refractivity contribution in [2.75, 3.05) is 24.5 Å². The highest BCUT2D eigenvalue weighted by Gasteiger charge is 2.36. The van der Waals surface area contributed by atoms with Gasteiger partial charge in [0.15, 0.2) is 0 Å². The largest absolute Gasteiger partial charge is 0.452 e. The number of rotatable bonds is 1. The molecule has 1 atom stereocenters. The van der Waals surface area contributed by atoms with Crippen LogP contribution in [0.4, 0.5) is 18.3 Å². The van der Waals surface area contributed by atoms with Crippen molar-refractivity contribution >= 4 is 16.7 Å². The molecule has 0 saturated carbocycles. The minimum absolute atomic E-state index is 0.256. The summed E-state index contributed by atoms with van der Waals surface area (Å²) in [7, 11) is 0. The van der Waals surface area contributed by atoms with Gasteiger partial charge in [0, 0.05) is 37.2 Å². The van der Waals surface area contributed by atoms with Crippen LogP contribution in [-0.2, 0) is 6.18 Å². The molecule has 1 aliphatic heterocycles. The van der Waals surface area contributed by atoms with Crippen LogP contribution in [0.25, 0.3) is 0 Å². The Bertz CT molecular complexity index is 364. The average molecular weight is 252 g/mol. The van der Waals surface area contributed by atoms with E-state index in [1.54, 1.807) is 0 Å². The van der Waals surface area contributed by atoms with Crippen molar-refractivity contribution in [2.24, 2.45) is 0 Å². The second-order valence-corrected chi connectivity index (χ2v) is 4.43. The molecule has 0 aromatic carbocycles. The molecule has 16 heavy (non-hydrogen) atoms. The molecule has 2 heterocycles. The van der Waals surface area contributed by atoms with Crippen molar-refractivity contribution in [3.8, 4) is 0 Å². The van der Waals surface area contributed by atoms with E-state index in [4.69, 9.17) is 0 Å². The van der Waals surface area contributed by atoms with Crippen LogP contribution in [0.3, 0.4) is 0 Å². The van der Waals surface area contributed by atoms with Gasteiger partial charge < -0.3 is 10.2 Å². The van der Waals surface area contributed by atoms with Gasteiger partial charge in [-0.15, -0.1) is 0 Å². The Morgan fingerprint density at radius 3 is 2.81 bits per heavy atom. The molecular weight excluding hydrogens is 241 g/mol. The lowest BCUT2D eigenvalue weighted by Crippen LogP contribution is -2.49. The topological polar surface area (TPSA) is 41.1 Å². The maximum atomic E-state index is 12.3. The van der Waals surface area contributed by atoms with Crippen LogP contribution in [0.2, 0.25) is 0 Å². The van der Waals surface area contributed by atoms with Crippen LogP contribution < -0.4 is 10.2 Å².